The number of carboxylic acid groups (broad SMARTS) is 1. The van der Waals surface area contributed by atoms with Gasteiger partial charge in [-0.05, 0) is 31.9 Å². The predicted octanol–water partition coefficient (Wildman–Crippen LogP) is 1.78. The third-order valence-corrected chi connectivity index (χ3v) is 5.34. The molecule has 6 heteroatoms. The fourth-order valence-corrected chi connectivity index (χ4v) is 3.66. The molecule has 5 nitrogen and oxygen atoms in total. The minimum Gasteiger partial charge on any atom is -0.481 e. The number of nitrogens with zero attached hydrogens (tertiary/aromatic N) is 1. The maximum Gasteiger partial charge on any atom is 0.317 e. The van der Waals surface area contributed by atoms with Crippen LogP contribution in [0.4, 0.5) is 4.79 Å². The van der Waals surface area contributed by atoms with Gasteiger partial charge in [-0.15, -0.1) is 0 Å². The first-order chi connectivity index (χ1) is 9.11. The summed E-state index contributed by atoms with van der Waals surface area (Å²) in [5, 5.41) is 12.7. The first-order valence-corrected chi connectivity index (χ1v) is 8.21. The van der Waals surface area contributed by atoms with E-state index in [2.05, 4.69) is 11.6 Å². The molecule has 2 rings (SSSR count). The Morgan fingerprint density at radius 1 is 1.21 bits per heavy atom. The highest BCUT2D eigenvalue weighted by molar-refractivity contribution is 7.99. The lowest BCUT2D eigenvalue weighted by Gasteiger charge is -2.32. The number of aliphatic carboxylic acids is 1. The zero-order valence-electron chi connectivity index (χ0n) is 11.3. The molecule has 2 aliphatic rings. The second-order valence-electron chi connectivity index (χ2n) is 5.35. The number of hydrogen-bond acceptors (Lipinski definition) is 3. The number of hydrogen-bond donors (Lipinski definition) is 2. The molecule has 1 aliphatic carbocycles. The summed E-state index contributed by atoms with van der Waals surface area (Å²) >= 11 is 1.86. The minimum absolute atomic E-state index is 0.0855. The summed E-state index contributed by atoms with van der Waals surface area (Å²) in [6.45, 7) is 1.56. The number of carboxylic acids is 1. The zero-order chi connectivity index (χ0) is 13.8. The van der Waals surface area contributed by atoms with Crippen LogP contribution < -0.4 is 5.32 Å². The third-order valence-electron chi connectivity index (χ3n) is 4.20. The SMILES string of the molecule is CSC1CCN(C(=O)NC2CCCC2C(=O)O)CC1. The average molecular weight is 286 g/mol. The second-order valence-corrected chi connectivity index (χ2v) is 6.49. The van der Waals surface area contributed by atoms with Crippen LogP contribution in [0, 0.1) is 5.92 Å². The summed E-state index contributed by atoms with van der Waals surface area (Å²) in [4.78, 5) is 25.0. The smallest absolute Gasteiger partial charge is 0.317 e. The van der Waals surface area contributed by atoms with Crippen LogP contribution in [0.1, 0.15) is 32.1 Å². The minimum atomic E-state index is -0.788. The van der Waals surface area contributed by atoms with E-state index in [1.165, 1.54) is 0 Å². The summed E-state index contributed by atoms with van der Waals surface area (Å²) in [5.41, 5.74) is 0. The van der Waals surface area contributed by atoms with E-state index in [9.17, 15) is 9.59 Å². The number of amides is 2. The largest absolute Gasteiger partial charge is 0.481 e. The van der Waals surface area contributed by atoms with Gasteiger partial charge in [-0.1, -0.05) is 6.42 Å². The van der Waals surface area contributed by atoms with Gasteiger partial charge in [0.15, 0.2) is 0 Å². The normalized spacial score (nSPS) is 28.4. The summed E-state index contributed by atoms with van der Waals surface area (Å²) in [5.74, 6) is -1.20. The summed E-state index contributed by atoms with van der Waals surface area (Å²) in [7, 11) is 0. The molecule has 2 atom stereocenters. The molecule has 2 fully saturated rings. The van der Waals surface area contributed by atoms with Gasteiger partial charge in [0.05, 0.1) is 5.92 Å². The van der Waals surface area contributed by atoms with Gasteiger partial charge in [0.1, 0.15) is 0 Å². The summed E-state index contributed by atoms with van der Waals surface area (Å²) < 4.78 is 0. The lowest BCUT2D eigenvalue weighted by atomic mass is 10.0. The second kappa shape index (κ2) is 6.50. The molecule has 1 heterocycles. The van der Waals surface area contributed by atoms with E-state index in [4.69, 9.17) is 5.11 Å². The molecule has 2 N–H and O–H groups in total. The molecule has 0 bridgehead atoms. The van der Waals surface area contributed by atoms with Gasteiger partial charge >= 0.3 is 12.0 Å². The summed E-state index contributed by atoms with van der Waals surface area (Å²) in [6.07, 6.45) is 6.51. The molecule has 1 saturated heterocycles. The lowest BCUT2D eigenvalue weighted by molar-refractivity contribution is -0.142. The Labute approximate surface area is 118 Å². The number of likely N-dealkylation sites (tertiary alicyclic amines) is 1. The van der Waals surface area contributed by atoms with E-state index in [1.54, 1.807) is 0 Å². The lowest BCUT2D eigenvalue weighted by Crippen LogP contribution is -2.50. The van der Waals surface area contributed by atoms with Gasteiger partial charge in [-0.25, -0.2) is 4.79 Å². The molecule has 1 aliphatic heterocycles. The number of nitrogens with one attached hydrogen (secondary N) is 1. The molecule has 0 spiro atoms. The Kier molecular flexibility index (Phi) is 4.96. The van der Waals surface area contributed by atoms with Crippen molar-refractivity contribution in [1.82, 2.24) is 10.2 Å². The van der Waals surface area contributed by atoms with Crippen LogP contribution in [0.3, 0.4) is 0 Å². The van der Waals surface area contributed by atoms with Crippen LogP contribution >= 0.6 is 11.8 Å². The van der Waals surface area contributed by atoms with E-state index in [1.807, 2.05) is 16.7 Å². The molecule has 0 radical (unpaired) electrons. The van der Waals surface area contributed by atoms with Crippen molar-refractivity contribution in [2.45, 2.75) is 43.4 Å². The van der Waals surface area contributed by atoms with Crippen LogP contribution in [0.5, 0.6) is 0 Å². The van der Waals surface area contributed by atoms with Crippen molar-refractivity contribution in [1.29, 1.82) is 0 Å². The van der Waals surface area contributed by atoms with Gasteiger partial charge in [0.2, 0.25) is 0 Å². The van der Waals surface area contributed by atoms with Gasteiger partial charge in [0, 0.05) is 24.4 Å². The molecule has 0 aromatic carbocycles. The first-order valence-electron chi connectivity index (χ1n) is 6.93. The Balaban J connectivity index is 1.82. The maximum atomic E-state index is 12.1. The number of rotatable bonds is 3. The quantitative estimate of drug-likeness (QED) is 0.829. The predicted molar refractivity (Wildman–Crippen MR) is 75.4 cm³/mol. The van der Waals surface area contributed by atoms with Crippen LogP contribution in [-0.4, -0.2) is 52.6 Å². The molecule has 0 aromatic rings. The van der Waals surface area contributed by atoms with Gasteiger partial charge in [0.25, 0.3) is 0 Å². The van der Waals surface area contributed by atoms with Crippen LogP contribution in [0.15, 0.2) is 0 Å². The molecule has 2 unspecified atom stereocenters. The molecule has 108 valence electrons. The first kappa shape index (κ1) is 14.5. The Morgan fingerprint density at radius 2 is 1.89 bits per heavy atom. The average Bonchev–Trinajstić information content (AvgIpc) is 2.87. The van der Waals surface area contributed by atoms with Crippen molar-refractivity contribution in [2.75, 3.05) is 19.3 Å². The Morgan fingerprint density at radius 3 is 2.47 bits per heavy atom. The highest BCUT2D eigenvalue weighted by Gasteiger charge is 2.35. The van der Waals surface area contributed by atoms with Crippen molar-refractivity contribution in [2.24, 2.45) is 5.92 Å². The fourth-order valence-electron chi connectivity index (χ4n) is 2.97. The Bertz CT molecular complexity index is 343. The van der Waals surface area contributed by atoms with Crippen molar-refractivity contribution >= 4 is 23.8 Å². The topological polar surface area (TPSA) is 69.6 Å². The van der Waals surface area contributed by atoms with Gasteiger partial charge in [-0.3, -0.25) is 4.79 Å². The van der Waals surface area contributed by atoms with Crippen LogP contribution in [0.2, 0.25) is 0 Å². The highest BCUT2D eigenvalue weighted by atomic mass is 32.2. The van der Waals surface area contributed by atoms with Crippen molar-refractivity contribution in [3.63, 3.8) is 0 Å². The Hall–Kier alpha value is -0.910. The number of piperidine rings is 1. The number of thioether (sulfide) groups is 1. The summed E-state index contributed by atoms with van der Waals surface area (Å²) in [6, 6.07) is -0.277. The van der Waals surface area contributed by atoms with Gasteiger partial charge < -0.3 is 15.3 Å². The molecular formula is C13H22N2O3S. The van der Waals surface area contributed by atoms with E-state index >= 15 is 0 Å². The van der Waals surface area contributed by atoms with Crippen molar-refractivity contribution in [3.05, 3.63) is 0 Å². The van der Waals surface area contributed by atoms with E-state index in [0.29, 0.717) is 11.7 Å². The standard InChI is InChI=1S/C13H22N2O3S/c1-19-9-5-7-15(8-6-9)13(18)14-11-4-2-3-10(11)12(16)17/h9-11H,2-8H2,1H3,(H,14,18)(H,16,17). The number of carbonyl (C=O) groups excluding carboxylic acids is 1. The maximum absolute atomic E-state index is 12.1. The van der Waals surface area contributed by atoms with Crippen LogP contribution in [-0.2, 0) is 4.79 Å². The van der Waals surface area contributed by atoms with Crippen molar-refractivity contribution < 1.29 is 14.7 Å². The third kappa shape index (κ3) is 3.55. The monoisotopic (exact) mass is 286 g/mol. The number of carbonyl (C=O) groups is 2. The highest BCUT2D eigenvalue weighted by Crippen LogP contribution is 2.26. The number of urea groups is 1. The van der Waals surface area contributed by atoms with Gasteiger partial charge in [-0.2, -0.15) is 11.8 Å². The van der Waals surface area contributed by atoms with E-state index in [0.717, 1.165) is 38.8 Å². The van der Waals surface area contributed by atoms with Crippen molar-refractivity contribution in [3.8, 4) is 0 Å². The molecule has 1 saturated carbocycles. The fraction of sp³-hybridized carbons (Fsp3) is 0.846. The van der Waals surface area contributed by atoms with E-state index < -0.39 is 11.9 Å². The molecule has 0 aromatic heterocycles. The molecular weight excluding hydrogens is 264 g/mol. The molecule has 19 heavy (non-hydrogen) atoms. The molecule has 2 amide bonds. The zero-order valence-corrected chi connectivity index (χ0v) is 12.1. The van der Waals surface area contributed by atoms with E-state index in [-0.39, 0.29) is 12.1 Å². The van der Waals surface area contributed by atoms with Crippen LogP contribution in [0.25, 0.3) is 0 Å².